The third-order valence-electron chi connectivity index (χ3n) is 6.20. The SMILES string of the molecule is CC(C)n1cc(C(=O)C2CCN(CCCCc3cn4c(F)ccc4c(=O)[nH]3)CC2)cn1. The molecule has 3 aromatic heterocycles. The summed E-state index contributed by atoms with van der Waals surface area (Å²) >= 11 is 0. The summed E-state index contributed by atoms with van der Waals surface area (Å²) in [6.45, 7) is 6.91. The van der Waals surface area contributed by atoms with Crippen LogP contribution >= 0.6 is 0 Å². The summed E-state index contributed by atoms with van der Waals surface area (Å²) < 4.78 is 16.9. The van der Waals surface area contributed by atoms with Crippen molar-refractivity contribution in [2.45, 2.75) is 52.0 Å². The summed E-state index contributed by atoms with van der Waals surface area (Å²) in [5.41, 5.74) is 1.54. The minimum atomic E-state index is -0.420. The molecule has 0 unspecified atom stereocenters. The number of fused-ring (bicyclic) bond motifs is 1. The van der Waals surface area contributed by atoms with Gasteiger partial charge in [0.15, 0.2) is 11.7 Å². The number of likely N-dealkylation sites (tertiary alicyclic amines) is 1. The molecule has 0 atom stereocenters. The lowest BCUT2D eigenvalue weighted by atomic mass is 9.90. The second-order valence-electron chi connectivity index (χ2n) is 8.76. The first-order valence-electron chi connectivity index (χ1n) is 11.1. The molecule has 0 aromatic carbocycles. The molecule has 1 saturated heterocycles. The van der Waals surface area contributed by atoms with Crippen LogP contribution in [0.1, 0.15) is 61.6 Å². The lowest BCUT2D eigenvalue weighted by Gasteiger charge is -2.31. The van der Waals surface area contributed by atoms with Gasteiger partial charge in [-0.25, -0.2) is 0 Å². The van der Waals surface area contributed by atoms with Gasteiger partial charge in [-0.05, 0) is 77.7 Å². The van der Waals surface area contributed by atoms with Gasteiger partial charge in [0.1, 0.15) is 5.52 Å². The molecule has 1 fully saturated rings. The number of hydrogen-bond donors (Lipinski definition) is 1. The Labute approximate surface area is 180 Å². The van der Waals surface area contributed by atoms with E-state index in [2.05, 4.69) is 28.8 Å². The van der Waals surface area contributed by atoms with Gasteiger partial charge in [-0.3, -0.25) is 18.7 Å². The second-order valence-corrected chi connectivity index (χ2v) is 8.76. The molecule has 1 aliphatic heterocycles. The maximum atomic E-state index is 13.7. The van der Waals surface area contributed by atoms with Crippen molar-refractivity contribution in [3.05, 3.63) is 58.3 Å². The van der Waals surface area contributed by atoms with E-state index in [1.165, 1.54) is 16.5 Å². The Morgan fingerprint density at radius 1 is 1.23 bits per heavy atom. The normalized spacial score (nSPS) is 15.9. The van der Waals surface area contributed by atoms with Gasteiger partial charge in [0.2, 0.25) is 0 Å². The maximum Gasteiger partial charge on any atom is 0.272 e. The van der Waals surface area contributed by atoms with E-state index >= 15 is 0 Å². The number of aromatic amines is 1. The summed E-state index contributed by atoms with van der Waals surface area (Å²) in [6.07, 6.45) is 9.59. The molecule has 1 N–H and O–H groups in total. The molecule has 4 rings (SSSR count). The monoisotopic (exact) mass is 427 g/mol. The van der Waals surface area contributed by atoms with Gasteiger partial charge in [-0.1, -0.05) is 0 Å². The van der Waals surface area contributed by atoms with E-state index in [4.69, 9.17) is 0 Å². The second kappa shape index (κ2) is 9.18. The Morgan fingerprint density at radius 3 is 2.71 bits per heavy atom. The van der Waals surface area contributed by atoms with E-state index in [0.717, 1.165) is 56.6 Å². The predicted octanol–water partition coefficient (Wildman–Crippen LogP) is 3.46. The van der Waals surface area contributed by atoms with E-state index in [-0.39, 0.29) is 23.3 Å². The van der Waals surface area contributed by atoms with E-state index < -0.39 is 5.95 Å². The van der Waals surface area contributed by atoms with Crippen LogP contribution in [-0.2, 0) is 6.42 Å². The largest absolute Gasteiger partial charge is 0.323 e. The third-order valence-corrected chi connectivity index (χ3v) is 6.20. The Hall–Kier alpha value is -2.74. The highest BCUT2D eigenvalue weighted by Gasteiger charge is 2.26. The number of halogens is 1. The Morgan fingerprint density at radius 2 is 2.00 bits per heavy atom. The average Bonchev–Trinajstić information content (AvgIpc) is 3.39. The number of hydrogen-bond acceptors (Lipinski definition) is 4. The van der Waals surface area contributed by atoms with Gasteiger partial charge in [0.05, 0.1) is 11.8 Å². The fraction of sp³-hybridized carbons (Fsp3) is 0.522. The highest BCUT2D eigenvalue weighted by molar-refractivity contribution is 5.97. The highest BCUT2D eigenvalue weighted by Crippen LogP contribution is 2.22. The van der Waals surface area contributed by atoms with Gasteiger partial charge >= 0.3 is 0 Å². The molecule has 4 heterocycles. The number of unbranched alkanes of at least 4 members (excludes halogenated alkanes) is 1. The fourth-order valence-electron chi connectivity index (χ4n) is 4.32. The molecular weight excluding hydrogens is 397 g/mol. The van der Waals surface area contributed by atoms with Gasteiger partial charge in [-0.15, -0.1) is 0 Å². The number of aryl methyl sites for hydroxylation is 1. The molecular formula is C23H30FN5O2. The lowest BCUT2D eigenvalue weighted by molar-refractivity contribution is 0.0839. The fourth-order valence-corrected chi connectivity index (χ4v) is 4.32. The number of ketones is 1. The first kappa shape index (κ1) is 21.5. The number of piperidine rings is 1. The van der Waals surface area contributed by atoms with Gasteiger partial charge in [0.25, 0.3) is 5.56 Å². The summed E-state index contributed by atoms with van der Waals surface area (Å²) in [5, 5.41) is 4.29. The number of carbonyl (C=O) groups is 1. The molecule has 0 aliphatic carbocycles. The maximum absolute atomic E-state index is 13.7. The van der Waals surface area contributed by atoms with Crippen molar-refractivity contribution in [2.75, 3.05) is 19.6 Å². The molecule has 0 bridgehead atoms. The average molecular weight is 428 g/mol. The van der Waals surface area contributed by atoms with Crippen LogP contribution in [0.25, 0.3) is 5.52 Å². The van der Waals surface area contributed by atoms with Crippen LogP contribution < -0.4 is 5.56 Å². The number of aromatic nitrogens is 4. The first-order valence-corrected chi connectivity index (χ1v) is 11.1. The standard InChI is InChI=1S/C23H30FN5O2/c1-16(2)29-14-18(13-25-29)22(30)17-8-11-27(12-9-17)10-4-3-5-19-15-28-20(23(31)26-19)6-7-21(28)24/h6-7,13-17H,3-5,8-12H2,1-2H3,(H,26,31). The molecule has 7 nitrogen and oxygen atoms in total. The first-order chi connectivity index (χ1) is 14.9. The van der Waals surface area contributed by atoms with Crippen molar-refractivity contribution in [3.8, 4) is 0 Å². The summed E-state index contributed by atoms with van der Waals surface area (Å²) in [6, 6.07) is 3.05. The number of nitrogens with one attached hydrogen (secondary N) is 1. The van der Waals surface area contributed by atoms with Crippen molar-refractivity contribution in [3.63, 3.8) is 0 Å². The Kier molecular flexibility index (Phi) is 6.36. The van der Waals surface area contributed by atoms with Gasteiger partial charge < -0.3 is 9.88 Å². The molecule has 0 saturated carbocycles. The number of nitrogens with zero attached hydrogens (tertiary/aromatic N) is 4. The number of carbonyl (C=O) groups excluding carboxylic acids is 1. The number of rotatable bonds is 8. The quantitative estimate of drug-likeness (QED) is 0.441. The zero-order chi connectivity index (χ0) is 22.0. The summed E-state index contributed by atoms with van der Waals surface area (Å²) in [5.74, 6) is -0.131. The zero-order valence-corrected chi connectivity index (χ0v) is 18.2. The number of H-pyrrole nitrogens is 1. The Balaban J connectivity index is 1.21. The molecule has 0 spiro atoms. The molecule has 166 valence electrons. The highest BCUT2D eigenvalue weighted by atomic mass is 19.1. The van der Waals surface area contributed by atoms with Crippen molar-refractivity contribution < 1.29 is 9.18 Å². The third kappa shape index (κ3) is 4.79. The molecule has 31 heavy (non-hydrogen) atoms. The van der Waals surface area contributed by atoms with Crippen LogP contribution in [0.15, 0.2) is 35.5 Å². The smallest absolute Gasteiger partial charge is 0.272 e. The van der Waals surface area contributed by atoms with Crippen molar-refractivity contribution in [2.24, 2.45) is 5.92 Å². The lowest BCUT2D eigenvalue weighted by Crippen LogP contribution is -2.36. The molecule has 8 heteroatoms. The van der Waals surface area contributed by atoms with Crippen molar-refractivity contribution >= 4 is 11.3 Å². The van der Waals surface area contributed by atoms with E-state index in [1.807, 2.05) is 10.9 Å². The number of Topliss-reactive ketones (excluding diaryl/α,β-unsaturated/α-hetero) is 1. The molecule has 0 radical (unpaired) electrons. The Bertz CT molecular complexity index is 1100. The van der Waals surface area contributed by atoms with Crippen LogP contribution in [0.5, 0.6) is 0 Å². The van der Waals surface area contributed by atoms with Crippen LogP contribution in [0.4, 0.5) is 4.39 Å². The van der Waals surface area contributed by atoms with Crippen LogP contribution in [0.3, 0.4) is 0 Å². The zero-order valence-electron chi connectivity index (χ0n) is 18.2. The van der Waals surface area contributed by atoms with Crippen molar-refractivity contribution in [1.82, 2.24) is 24.1 Å². The minimum Gasteiger partial charge on any atom is -0.323 e. The van der Waals surface area contributed by atoms with Gasteiger partial charge in [-0.2, -0.15) is 9.49 Å². The van der Waals surface area contributed by atoms with Gasteiger partial charge in [0, 0.05) is 30.0 Å². The van der Waals surface area contributed by atoms with E-state index in [9.17, 15) is 14.0 Å². The summed E-state index contributed by atoms with van der Waals surface area (Å²) in [4.78, 5) is 30.0. The minimum absolute atomic E-state index is 0.0781. The predicted molar refractivity (Wildman–Crippen MR) is 117 cm³/mol. The summed E-state index contributed by atoms with van der Waals surface area (Å²) in [7, 11) is 0. The van der Waals surface area contributed by atoms with Crippen LogP contribution in [0, 0.1) is 11.9 Å². The van der Waals surface area contributed by atoms with Crippen LogP contribution in [0.2, 0.25) is 0 Å². The molecule has 3 aromatic rings. The van der Waals surface area contributed by atoms with E-state index in [1.54, 1.807) is 12.4 Å². The van der Waals surface area contributed by atoms with Crippen molar-refractivity contribution in [1.29, 1.82) is 0 Å². The van der Waals surface area contributed by atoms with Crippen LogP contribution in [-0.4, -0.2) is 49.5 Å². The molecule has 0 amide bonds. The molecule has 1 aliphatic rings. The topological polar surface area (TPSA) is 75.4 Å². The van der Waals surface area contributed by atoms with E-state index in [0.29, 0.717) is 11.9 Å².